The maximum atomic E-state index is 14.0. The van der Waals surface area contributed by atoms with E-state index < -0.39 is 29.7 Å². The highest BCUT2D eigenvalue weighted by Crippen LogP contribution is 2.60. The second kappa shape index (κ2) is 17.5. The Morgan fingerprint density at radius 1 is 0.878 bits per heavy atom. The molecule has 4 aliphatic heterocycles. The van der Waals surface area contributed by atoms with Gasteiger partial charge in [-0.05, 0) is 116 Å². The molecule has 3 aliphatic carbocycles. The van der Waals surface area contributed by atoms with Crippen molar-refractivity contribution in [2.45, 2.75) is 103 Å². The average molecular weight is 1000 g/mol. The number of aliphatic hydroxyl groups is 1. The van der Waals surface area contributed by atoms with E-state index in [1.54, 1.807) is 60.9 Å². The molecule has 1 aromatic carbocycles. The van der Waals surface area contributed by atoms with E-state index in [0.29, 0.717) is 72.4 Å². The number of benzene rings is 1. The molecule has 2 saturated carbocycles. The largest absolute Gasteiger partial charge is 0.392 e. The summed E-state index contributed by atoms with van der Waals surface area (Å²) in [6, 6.07) is 13.5. The molecule has 19 nitrogen and oxygen atoms in total. The van der Waals surface area contributed by atoms with Crippen LogP contribution >= 0.6 is 0 Å². The van der Waals surface area contributed by atoms with E-state index >= 15 is 0 Å². The second-order valence-corrected chi connectivity index (χ2v) is 22.4. The number of imide groups is 2. The molecule has 4 N–H and O–H groups in total. The summed E-state index contributed by atoms with van der Waals surface area (Å²) in [5, 5.41) is 19.7. The normalized spacial score (nSPS) is 24.9. The predicted molar refractivity (Wildman–Crippen MR) is 274 cm³/mol. The van der Waals surface area contributed by atoms with Crippen LogP contribution in [0, 0.1) is 16.7 Å². The lowest BCUT2D eigenvalue weighted by Gasteiger charge is -2.58. The molecule has 2 saturated heterocycles. The fourth-order valence-electron chi connectivity index (χ4n) is 13.2. The van der Waals surface area contributed by atoms with Gasteiger partial charge >= 0.3 is 0 Å². The minimum Gasteiger partial charge on any atom is -0.392 e. The van der Waals surface area contributed by atoms with Gasteiger partial charge in [0.05, 0.1) is 29.6 Å². The summed E-state index contributed by atoms with van der Waals surface area (Å²) >= 11 is 0. The number of aryl methyl sites for hydroxylation is 1. The van der Waals surface area contributed by atoms with Gasteiger partial charge in [-0.3, -0.25) is 48.7 Å². The smallest absolute Gasteiger partial charge is 0.276 e. The van der Waals surface area contributed by atoms with Gasteiger partial charge in [-0.1, -0.05) is 19.9 Å². The van der Waals surface area contributed by atoms with Crippen molar-refractivity contribution in [2.24, 2.45) is 23.8 Å². The molecule has 1 spiro atoms. The van der Waals surface area contributed by atoms with Crippen LogP contribution in [0.2, 0.25) is 0 Å². The summed E-state index contributed by atoms with van der Waals surface area (Å²) in [6.45, 7) is 9.08. The Balaban J connectivity index is 0.651. The lowest BCUT2D eigenvalue weighted by molar-refractivity contribution is -0.149. The lowest BCUT2D eigenvalue weighted by atomic mass is 9.49. The van der Waals surface area contributed by atoms with Gasteiger partial charge in [-0.15, -0.1) is 0 Å². The van der Waals surface area contributed by atoms with Crippen molar-refractivity contribution < 1.29 is 33.9 Å². The van der Waals surface area contributed by atoms with E-state index in [1.807, 2.05) is 23.1 Å². The first-order chi connectivity index (χ1) is 35.5. The number of amides is 6. The molecule has 74 heavy (non-hydrogen) atoms. The predicted octanol–water partition coefficient (Wildman–Crippen LogP) is 4.77. The number of aromatic nitrogens is 4. The van der Waals surface area contributed by atoms with E-state index in [-0.39, 0.29) is 82.5 Å². The maximum absolute atomic E-state index is 14.0. The molecule has 7 aliphatic rings. The van der Waals surface area contributed by atoms with Gasteiger partial charge in [0.1, 0.15) is 29.1 Å². The standard InChI is InChI=1S/C55H59N11O8/c1-30-27-62(49(70)33-21-55(22-33)23-34(24-55)58-39-7-5-6-37-46(39)53(74)66(50(37)71)41-9-11-45(68)60-48(41)69)14-15-63(30)35-8-10-44(57-26-35)59-40-18-32(28-61(4)51(40)72)36-12-13-56-47(38(36)29-67)65-17-16-64-42(52(65)73)19-31-20-54(2,3)25-43(31)64/h5-8,10,12-13,18-19,26,28,30,33-34,41,58,67H,9,11,14-17,20-25,27,29H2,1-4H3,(H,57,59)(H,60,68,69)/t30-,33?,34?,41?,55?/m0/s1. The summed E-state index contributed by atoms with van der Waals surface area (Å²) in [5.74, 6) is -1.28. The monoisotopic (exact) mass is 1000 g/mol. The number of aliphatic hydroxyl groups excluding tert-OH is 1. The van der Waals surface area contributed by atoms with Crippen molar-refractivity contribution in [1.82, 2.24) is 34.2 Å². The minimum atomic E-state index is -1.03. The van der Waals surface area contributed by atoms with Crippen LogP contribution in [0.5, 0.6) is 0 Å². The molecule has 12 rings (SSSR count). The number of piperazine rings is 1. The third-order valence-electron chi connectivity index (χ3n) is 16.7. The Bertz CT molecular complexity index is 3290. The molecular formula is C55H59N11O8. The molecule has 8 heterocycles. The number of carbonyl (C=O) groups excluding carboxylic acids is 6. The molecular weight excluding hydrogens is 943 g/mol. The third-order valence-corrected chi connectivity index (χ3v) is 16.7. The zero-order valence-electron chi connectivity index (χ0n) is 41.9. The molecule has 5 aromatic rings. The molecule has 4 fully saturated rings. The van der Waals surface area contributed by atoms with Gasteiger partial charge in [0.25, 0.3) is 23.3 Å². The van der Waals surface area contributed by atoms with Crippen LogP contribution in [-0.2, 0) is 47.4 Å². The quantitative estimate of drug-likeness (QED) is 0.139. The van der Waals surface area contributed by atoms with Gasteiger partial charge in [-0.25, -0.2) is 9.97 Å². The van der Waals surface area contributed by atoms with Crippen molar-refractivity contribution in [3.8, 4) is 11.1 Å². The van der Waals surface area contributed by atoms with Crippen molar-refractivity contribution in [1.29, 1.82) is 0 Å². The number of pyridine rings is 3. The molecule has 6 amide bonds. The van der Waals surface area contributed by atoms with Gasteiger partial charge in [0.2, 0.25) is 17.7 Å². The lowest BCUT2D eigenvalue weighted by Crippen LogP contribution is -2.59. The number of piperidine rings is 1. The highest BCUT2D eigenvalue weighted by atomic mass is 16.3. The van der Waals surface area contributed by atoms with Crippen LogP contribution in [0.3, 0.4) is 0 Å². The number of nitrogens with one attached hydrogen (secondary N) is 3. The van der Waals surface area contributed by atoms with E-state index in [9.17, 15) is 38.7 Å². The summed E-state index contributed by atoms with van der Waals surface area (Å²) in [4.78, 5) is 109. The number of rotatable bonds is 10. The first-order valence-electron chi connectivity index (χ1n) is 25.7. The summed E-state index contributed by atoms with van der Waals surface area (Å²) in [6.07, 6.45) is 10.4. The number of carbonyl (C=O) groups is 6. The minimum absolute atomic E-state index is 0.0293. The number of anilines is 5. The zero-order chi connectivity index (χ0) is 51.5. The first kappa shape index (κ1) is 47.3. The van der Waals surface area contributed by atoms with E-state index in [4.69, 9.17) is 4.98 Å². The van der Waals surface area contributed by atoms with Crippen LogP contribution in [0.1, 0.15) is 107 Å². The molecule has 0 bridgehead atoms. The molecule has 4 aromatic heterocycles. The van der Waals surface area contributed by atoms with Gasteiger partial charge in [0, 0.05) is 99.1 Å². The molecule has 382 valence electrons. The van der Waals surface area contributed by atoms with Gasteiger partial charge < -0.3 is 34.7 Å². The fraction of sp³-hybridized carbons (Fsp3) is 0.436. The van der Waals surface area contributed by atoms with Crippen molar-refractivity contribution in [2.75, 3.05) is 46.6 Å². The van der Waals surface area contributed by atoms with Crippen LogP contribution in [-0.4, -0.2) is 114 Å². The number of nitrogens with zero attached hydrogens (tertiary/aromatic N) is 8. The Labute approximate surface area is 426 Å². The van der Waals surface area contributed by atoms with Crippen molar-refractivity contribution >= 4 is 64.1 Å². The SMILES string of the molecule is C[C@H]1CN(C(=O)C2CC3(CC(Nc4cccc5c4C(=O)N(C4CCC(=O)NC4=O)C5=O)C3)C2)CCN1c1ccc(Nc2cc(-c3ccnc(N4CCn5c(cc6c5CC(C)(C)C6)C4=O)c3CO)cn(C)c2=O)nc1. The Morgan fingerprint density at radius 3 is 2.43 bits per heavy atom. The van der Waals surface area contributed by atoms with Crippen LogP contribution in [0.4, 0.5) is 28.7 Å². The zero-order valence-corrected chi connectivity index (χ0v) is 41.9. The van der Waals surface area contributed by atoms with Crippen molar-refractivity contribution in [3.63, 3.8) is 0 Å². The van der Waals surface area contributed by atoms with Gasteiger partial charge in [0.15, 0.2) is 0 Å². The number of fused-ring (bicyclic) bond motifs is 4. The van der Waals surface area contributed by atoms with Crippen LogP contribution < -0.4 is 31.3 Å². The third kappa shape index (κ3) is 7.85. The summed E-state index contributed by atoms with van der Waals surface area (Å²) in [7, 11) is 1.67. The molecule has 1 unspecified atom stereocenters. The highest BCUT2D eigenvalue weighted by molar-refractivity contribution is 6.25. The Kier molecular flexibility index (Phi) is 11.2. The molecule has 19 heteroatoms. The average Bonchev–Trinajstić information content (AvgIpc) is 3.95. The summed E-state index contributed by atoms with van der Waals surface area (Å²) in [5.41, 5.74) is 7.10. The number of hydrogen-bond acceptors (Lipinski definition) is 13. The van der Waals surface area contributed by atoms with Crippen LogP contribution in [0.25, 0.3) is 11.1 Å². The summed E-state index contributed by atoms with van der Waals surface area (Å²) < 4.78 is 3.63. The molecule has 2 atom stereocenters. The number of hydrogen-bond donors (Lipinski definition) is 4. The van der Waals surface area contributed by atoms with E-state index in [2.05, 4.69) is 51.2 Å². The highest BCUT2D eigenvalue weighted by Gasteiger charge is 2.56. The van der Waals surface area contributed by atoms with E-state index in [1.165, 1.54) is 15.8 Å². The second-order valence-electron chi connectivity index (χ2n) is 22.4. The Hall–Kier alpha value is -7.67. The first-order valence-corrected chi connectivity index (χ1v) is 25.7. The topological polar surface area (TPSA) is 224 Å². The van der Waals surface area contributed by atoms with Crippen molar-refractivity contribution in [3.05, 3.63) is 111 Å². The van der Waals surface area contributed by atoms with Crippen LogP contribution in [0.15, 0.2) is 71.9 Å². The maximum Gasteiger partial charge on any atom is 0.276 e. The Morgan fingerprint density at radius 2 is 1.69 bits per heavy atom. The fourth-order valence-corrected chi connectivity index (χ4v) is 13.2. The molecule has 0 radical (unpaired) electrons. The van der Waals surface area contributed by atoms with Gasteiger partial charge in [-0.2, -0.15) is 0 Å². The van der Waals surface area contributed by atoms with E-state index in [0.717, 1.165) is 49.1 Å².